The summed E-state index contributed by atoms with van der Waals surface area (Å²) in [7, 11) is 1.86. The van der Waals surface area contributed by atoms with Crippen molar-refractivity contribution in [3.05, 3.63) is 57.9 Å². The van der Waals surface area contributed by atoms with Crippen LogP contribution in [0, 0.1) is 26.6 Å². The topological polar surface area (TPSA) is 59.7 Å². The lowest BCUT2D eigenvalue weighted by atomic mass is 10.2. The van der Waals surface area contributed by atoms with Gasteiger partial charge in [0.15, 0.2) is 5.11 Å². The van der Waals surface area contributed by atoms with Crippen LogP contribution in [0.2, 0.25) is 5.02 Å². The zero-order valence-corrected chi connectivity index (χ0v) is 17.0. The average Bonchev–Trinajstić information content (AvgIpc) is 3.06. The van der Waals surface area contributed by atoms with Crippen molar-refractivity contribution in [1.29, 1.82) is 0 Å². The number of aromatic nitrogens is 4. The first-order chi connectivity index (χ1) is 12.8. The molecule has 3 rings (SSSR count). The molecule has 0 spiro atoms. The molecule has 0 radical (unpaired) electrons. The van der Waals surface area contributed by atoms with E-state index in [9.17, 15) is 4.39 Å². The van der Waals surface area contributed by atoms with Crippen LogP contribution in [-0.4, -0.2) is 24.7 Å². The van der Waals surface area contributed by atoms with E-state index in [1.165, 1.54) is 6.07 Å². The molecule has 0 amide bonds. The standard InChI is InChI=1S/C18H20ClFN6S/c1-10-17(23-18(27)22-16-8-21-25(4)11(16)2)12(3)26(24-10)9-13-14(19)6-5-7-15(13)20/h5-8H,9H2,1-4H3,(H2,22,23,27). The lowest BCUT2D eigenvalue weighted by molar-refractivity contribution is 0.579. The molecule has 0 unspecified atom stereocenters. The third-order valence-electron chi connectivity index (χ3n) is 4.47. The van der Waals surface area contributed by atoms with Gasteiger partial charge < -0.3 is 10.6 Å². The largest absolute Gasteiger partial charge is 0.330 e. The van der Waals surface area contributed by atoms with Crippen molar-refractivity contribution in [2.75, 3.05) is 10.6 Å². The molecule has 142 valence electrons. The molecule has 27 heavy (non-hydrogen) atoms. The van der Waals surface area contributed by atoms with Crippen LogP contribution in [0.25, 0.3) is 0 Å². The fourth-order valence-electron chi connectivity index (χ4n) is 2.75. The Kier molecular flexibility index (Phi) is 5.48. The summed E-state index contributed by atoms with van der Waals surface area (Å²) < 4.78 is 17.6. The van der Waals surface area contributed by atoms with Crippen molar-refractivity contribution in [1.82, 2.24) is 19.6 Å². The van der Waals surface area contributed by atoms with Crippen LogP contribution in [-0.2, 0) is 13.6 Å². The molecule has 2 aromatic heterocycles. The molecule has 2 N–H and O–H groups in total. The molecule has 0 saturated carbocycles. The molecule has 0 aliphatic heterocycles. The monoisotopic (exact) mass is 406 g/mol. The lowest BCUT2D eigenvalue weighted by Crippen LogP contribution is -2.20. The van der Waals surface area contributed by atoms with Gasteiger partial charge in [-0.25, -0.2) is 4.39 Å². The second-order valence-electron chi connectivity index (χ2n) is 6.25. The summed E-state index contributed by atoms with van der Waals surface area (Å²) in [6, 6.07) is 4.64. The number of anilines is 2. The number of hydrogen-bond donors (Lipinski definition) is 2. The van der Waals surface area contributed by atoms with Gasteiger partial charge >= 0.3 is 0 Å². The van der Waals surface area contributed by atoms with E-state index < -0.39 is 0 Å². The van der Waals surface area contributed by atoms with Gasteiger partial charge in [-0.15, -0.1) is 0 Å². The van der Waals surface area contributed by atoms with Crippen molar-refractivity contribution in [3.63, 3.8) is 0 Å². The van der Waals surface area contributed by atoms with E-state index in [1.54, 1.807) is 27.7 Å². The molecule has 3 aromatic rings. The number of rotatable bonds is 4. The third kappa shape index (κ3) is 3.96. The van der Waals surface area contributed by atoms with E-state index in [2.05, 4.69) is 20.8 Å². The molecule has 0 bridgehead atoms. The number of nitrogens with zero attached hydrogens (tertiary/aromatic N) is 4. The van der Waals surface area contributed by atoms with Crippen LogP contribution in [0.3, 0.4) is 0 Å². The Hall–Kier alpha value is -2.45. The second-order valence-corrected chi connectivity index (χ2v) is 7.07. The fraction of sp³-hybridized carbons (Fsp3) is 0.278. The number of hydrogen-bond acceptors (Lipinski definition) is 3. The third-order valence-corrected chi connectivity index (χ3v) is 5.03. The van der Waals surface area contributed by atoms with Crippen molar-refractivity contribution < 1.29 is 4.39 Å². The normalized spacial score (nSPS) is 10.9. The van der Waals surface area contributed by atoms with Gasteiger partial charge in [0.05, 0.1) is 41.2 Å². The fourth-order valence-corrected chi connectivity index (χ4v) is 3.19. The maximum Gasteiger partial charge on any atom is 0.175 e. The lowest BCUT2D eigenvalue weighted by Gasteiger charge is -2.11. The Morgan fingerprint density at radius 1 is 1.22 bits per heavy atom. The summed E-state index contributed by atoms with van der Waals surface area (Å²) in [4.78, 5) is 0. The minimum absolute atomic E-state index is 0.238. The molecular formula is C18H20ClFN6S. The highest BCUT2D eigenvalue weighted by atomic mass is 35.5. The summed E-state index contributed by atoms with van der Waals surface area (Å²) in [6.45, 7) is 5.95. The molecule has 0 fully saturated rings. The molecular weight excluding hydrogens is 387 g/mol. The number of nitrogens with one attached hydrogen (secondary N) is 2. The van der Waals surface area contributed by atoms with Gasteiger partial charge in [-0.2, -0.15) is 10.2 Å². The molecule has 0 aliphatic rings. The number of thiocarbonyl (C=S) groups is 1. The Bertz CT molecular complexity index is 989. The van der Waals surface area contributed by atoms with Crippen molar-refractivity contribution >= 4 is 40.3 Å². The summed E-state index contributed by atoms with van der Waals surface area (Å²) in [5.41, 5.74) is 4.57. The van der Waals surface area contributed by atoms with Gasteiger partial charge in [-0.1, -0.05) is 17.7 Å². The van der Waals surface area contributed by atoms with Gasteiger partial charge in [0, 0.05) is 17.6 Å². The van der Waals surface area contributed by atoms with E-state index in [1.807, 2.05) is 27.8 Å². The summed E-state index contributed by atoms with van der Waals surface area (Å²) in [6.07, 6.45) is 1.71. The number of benzene rings is 1. The minimum atomic E-state index is -0.353. The van der Waals surface area contributed by atoms with Crippen LogP contribution >= 0.6 is 23.8 Å². The van der Waals surface area contributed by atoms with Crippen LogP contribution in [0.5, 0.6) is 0 Å². The summed E-state index contributed by atoms with van der Waals surface area (Å²) in [5, 5.41) is 15.8. The van der Waals surface area contributed by atoms with E-state index >= 15 is 0 Å². The zero-order valence-electron chi connectivity index (χ0n) is 15.5. The van der Waals surface area contributed by atoms with Crippen LogP contribution < -0.4 is 10.6 Å². The maximum atomic E-state index is 14.1. The van der Waals surface area contributed by atoms with Crippen LogP contribution in [0.15, 0.2) is 24.4 Å². The Balaban J connectivity index is 1.79. The molecule has 0 saturated heterocycles. The highest BCUT2D eigenvalue weighted by Crippen LogP contribution is 2.25. The Morgan fingerprint density at radius 3 is 2.59 bits per heavy atom. The number of halogens is 2. The molecule has 0 atom stereocenters. The molecule has 9 heteroatoms. The van der Waals surface area contributed by atoms with Crippen molar-refractivity contribution in [2.45, 2.75) is 27.3 Å². The predicted molar refractivity (Wildman–Crippen MR) is 110 cm³/mol. The maximum absolute atomic E-state index is 14.1. The Labute approximate surface area is 167 Å². The van der Waals surface area contributed by atoms with E-state index in [4.69, 9.17) is 23.8 Å². The highest BCUT2D eigenvalue weighted by Gasteiger charge is 2.16. The van der Waals surface area contributed by atoms with Crippen molar-refractivity contribution in [3.8, 4) is 0 Å². The molecule has 2 heterocycles. The SMILES string of the molecule is Cc1nn(Cc2c(F)cccc2Cl)c(C)c1NC(=S)Nc1cnn(C)c1C. The first kappa shape index (κ1) is 19.3. The molecule has 6 nitrogen and oxygen atoms in total. The quantitative estimate of drug-likeness (QED) is 0.636. The first-order valence-corrected chi connectivity index (χ1v) is 9.10. The van der Waals surface area contributed by atoms with Gasteiger partial charge in [0.1, 0.15) is 5.82 Å². The minimum Gasteiger partial charge on any atom is -0.330 e. The number of aryl methyl sites for hydroxylation is 2. The van der Waals surface area contributed by atoms with Gasteiger partial charge in [0.25, 0.3) is 0 Å². The van der Waals surface area contributed by atoms with Crippen LogP contribution in [0.4, 0.5) is 15.8 Å². The highest BCUT2D eigenvalue weighted by molar-refractivity contribution is 7.80. The van der Waals surface area contributed by atoms with Crippen LogP contribution in [0.1, 0.15) is 22.6 Å². The molecule has 1 aromatic carbocycles. The smallest absolute Gasteiger partial charge is 0.175 e. The van der Waals surface area contributed by atoms with Crippen molar-refractivity contribution in [2.24, 2.45) is 7.05 Å². The average molecular weight is 407 g/mol. The van der Waals surface area contributed by atoms with Gasteiger partial charge in [0.2, 0.25) is 0 Å². The zero-order chi connectivity index (χ0) is 19.7. The summed E-state index contributed by atoms with van der Waals surface area (Å²) >= 11 is 11.5. The van der Waals surface area contributed by atoms with E-state index in [0.29, 0.717) is 15.7 Å². The second kappa shape index (κ2) is 7.66. The Morgan fingerprint density at radius 2 is 1.96 bits per heavy atom. The van der Waals surface area contributed by atoms with Gasteiger partial charge in [-0.3, -0.25) is 9.36 Å². The summed E-state index contributed by atoms with van der Waals surface area (Å²) in [5.74, 6) is -0.353. The molecule has 0 aliphatic carbocycles. The predicted octanol–water partition coefficient (Wildman–Crippen LogP) is 4.19. The first-order valence-electron chi connectivity index (χ1n) is 8.31. The van der Waals surface area contributed by atoms with Gasteiger partial charge in [-0.05, 0) is 45.1 Å². The van der Waals surface area contributed by atoms with E-state index in [0.717, 1.165) is 28.5 Å². The van der Waals surface area contributed by atoms with E-state index in [-0.39, 0.29) is 12.4 Å².